The van der Waals surface area contributed by atoms with Crippen LogP contribution in [0.4, 0.5) is 19.7 Å². The number of ether oxygens (including phenoxy) is 2. The minimum atomic E-state index is -0.848. The Kier molecular flexibility index (Phi) is 14.9. The van der Waals surface area contributed by atoms with Crippen LogP contribution in [0.2, 0.25) is 5.02 Å². The number of nitrogen functional groups attached to an aromatic ring is 1. The lowest BCUT2D eigenvalue weighted by Gasteiger charge is -2.36. The number of carbonyl (C=O) groups is 3. The summed E-state index contributed by atoms with van der Waals surface area (Å²) < 4.78 is 45.2. The van der Waals surface area contributed by atoms with Gasteiger partial charge in [-0.1, -0.05) is 68.0 Å². The second kappa shape index (κ2) is 21.5. The first kappa shape index (κ1) is 53.4. The molecule has 0 radical (unpaired) electrons. The Hall–Kier alpha value is -5.64. The number of hydrogen-bond donors (Lipinski definition) is 4. The second-order valence-electron chi connectivity index (χ2n) is 22.6. The van der Waals surface area contributed by atoms with Gasteiger partial charge in [-0.2, -0.15) is 9.97 Å². The molecule has 5 saturated heterocycles. The van der Waals surface area contributed by atoms with Crippen molar-refractivity contribution in [3.8, 4) is 27.6 Å². The molecule has 16 nitrogen and oxygen atoms in total. The lowest BCUT2D eigenvalue weighted by Crippen LogP contribution is -2.57. The van der Waals surface area contributed by atoms with Crippen molar-refractivity contribution in [2.75, 3.05) is 56.6 Å². The van der Waals surface area contributed by atoms with Crippen LogP contribution in [0.25, 0.3) is 42.7 Å². The van der Waals surface area contributed by atoms with Crippen molar-refractivity contribution < 1.29 is 32.6 Å². The molecule has 5 N–H and O–H groups in total. The molecule has 408 valence electrons. The van der Waals surface area contributed by atoms with Crippen molar-refractivity contribution in [2.24, 2.45) is 5.41 Å². The van der Waals surface area contributed by atoms with Crippen LogP contribution in [0.3, 0.4) is 0 Å². The van der Waals surface area contributed by atoms with E-state index in [2.05, 4.69) is 35.7 Å². The minimum Gasteiger partial charge on any atom is -0.461 e. The van der Waals surface area contributed by atoms with Crippen LogP contribution in [0.5, 0.6) is 6.01 Å². The zero-order valence-electron chi connectivity index (χ0n) is 44.1. The van der Waals surface area contributed by atoms with Crippen molar-refractivity contribution in [3.63, 3.8) is 0 Å². The third kappa shape index (κ3) is 10.6. The number of fused-ring (bicyclic) bond motifs is 5. The number of carbonyl (C=O) groups excluding carboxylic acids is 3. The molecule has 0 spiro atoms. The highest BCUT2D eigenvalue weighted by atomic mass is 35.5. The summed E-state index contributed by atoms with van der Waals surface area (Å²) in [5, 5.41) is 10.6. The van der Waals surface area contributed by atoms with Crippen LogP contribution in [-0.2, 0) is 19.1 Å². The molecule has 3 aromatic heterocycles. The Morgan fingerprint density at radius 2 is 1.75 bits per heavy atom. The van der Waals surface area contributed by atoms with Gasteiger partial charge in [0, 0.05) is 60.7 Å². The van der Waals surface area contributed by atoms with Gasteiger partial charge in [-0.15, -0.1) is 11.3 Å². The normalized spacial score (nSPS) is 23.2. The van der Waals surface area contributed by atoms with E-state index in [9.17, 15) is 18.8 Å². The molecule has 0 saturated carbocycles. The molecule has 77 heavy (non-hydrogen) atoms. The standard InChI is InChI=1S/C56H66ClF2N11O5S2/c1-30(32-9-11-33(12-10-32)47-31(2)61-29-76-47)62-51(72)41-8-6-21-69(41)52(73)49(55(3,4)5)64-42(71)18-23-74-27-36-17-20-56(19-7-22-70(36)56)28-75-54-66-45-38(50(67-54)68-25-34-13-14-35(26-68)63-34)24-39(57)43(44(45)59)37-15-16-40(58)48-46(37)65-53(60)77-48/h9-12,15-16,24,29-30,34-36,41,49,63H,6-8,13-14,17-23,25-28H2,1-5H3,(H2,60,65)(H,62,72)(H,64,71)/t30-,34?,35?,36+,41-,49+,56?/m0/s1. The summed E-state index contributed by atoms with van der Waals surface area (Å²) in [5.74, 6) is -1.42. The van der Waals surface area contributed by atoms with Crippen LogP contribution in [0.15, 0.2) is 48.0 Å². The average molecular weight is 1110 g/mol. The number of thiazole rings is 2. The quantitative estimate of drug-likeness (QED) is 0.0672. The summed E-state index contributed by atoms with van der Waals surface area (Å²) in [6.07, 6.45) is 6.92. The number of amides is 3. The SMILES string of the molecule is Cc1ncsc1-c1ccc([C@H](C)NC(=O)[C@@H]2CCCN2C(=O)[C@@H](NC(=O)CCOC[C@H]2CCC3(COc4nc(N5CC6CCC(C5)N6)c5cc(Cl)c(-c6ccc(F)c7sc(N)nc67)c(F)c5n4)CCCN23)C(C)(C)C)cc1. The zero-order chi connectivity index (χ0) is 53.9. The first-order chi connectivity index (χ1) is 36.9. The Morgan fingerprint density at radius 1 is 0.974 bits per heavy atom. The van der Waals surface area contributed by atoms with Crippen LogP contribution in [-0.4, -0.2) is 129 Å². The summed E-state index contributed by atoms with van der Waals surface area (Å²) in [6.45, 7) is 13.2. The van der Waals surface area contributed by atoms with E-state index in [1.165, 1.54) is 12.1 Å². The third-order valence-electron chi connectivity index (χ3n) is 16.5. The number of nitrogens with zero attached hydrogens (tertiary/aromatic N) is 7. The molecular formula is C56H66ClF2N11O5S2. The van der Waals surface area contributed by atoms with E-state index in [1.54, 1.807) is 22.3 Å². The van der Waals surface area contributed by atoms with Crippen molar-refractivity contribution in [3.05, 3.63) is 75.9 Å². The second-order valence-corrected chi connectivity index (χ2v) is 24.9. The van der Waals surface area contributed by atoms with E-state index in [1.807, 2.05) is 64.4 Å². The van der Waals surface area contributed by atoms with E-state index < -0.39 is 29.1 Å². The Labute approximate surface area is 459 Å². The predicted molar refractivity (Wildman–Crippen MR) is 297 cm³/mol. The molecule has 21 heteroatoms. The van der Waals surface area contributed by atoms with E-state index >= 15 is 4.39 Å². The number of hydrogen-bond acceptors (Lipinski definition) is 15. The molecule has 7 atom stereocenters. The lowest BCUT2D eigenvalue weighted by molar-refractivity contribution is -0.144. The van der Waals surface area contributed by atoms with Gasteiger partial charge < -0.3 is 41.0 Å². The first-order valence-corrected chi connectivity index (χ1v) is 29.0. The molecule has 11 rings (SSSR count). The van der Waals surface area contributed by atoms with Gasteiger partial charge in [-0.05, 0) is 106 Å². The number of aromatic nitrogens is 4. The fourth-order valence-electron chi connectivity index (χ4n) is 12.5. The molecule has 0 aliphatic carbocycles. The van der Waals surface area contributed by atoms with E-state index in [4.69, 9.17) is 36.8 Å². The number of benzene rings is 3. The van der Waals surface area contributed by atoms with Crippen molar-refractivity contribution >= 4 is 84.1 Å². The maximum atomic E-state index is 17.2. The smallest absolute Gasteiger partial charge is 0.319 e. The number of aryl methyl sites for hydroxylation is 1. The van der Waals surface area contributed by atoms with Crippen LogP contribution in [0.1, 0.15) is 103 Å². The molecule has 6 aromatic rings. The van der Waals surface area contributed by atoms with Crippen LogP contribution in [0, 0.1) is 24.0 Å². The molecule has 5 aliphatic heterocycles. The predicted octanol–water partition coefficient (Wildman–Crippen LogP) is 8.97. The molecule has 3 amide bonds. The highest BCUT2D eigenvalue weighted by Crippen LogP contribution is 2.45. The van der Waals surface area contributed by atoms with Crippen molar-refractivity contribution in [2.45, 2.75) is 134 Å². The van der Waals surface area contributed by atoms with Gasteiger partial charge in [0.05, 0.1) is 56.1 Å². The summed E-state index contributed by atoms with van der Waals surface area (Å²) >= 11 is 9.53. The molecule has 3 unspecified atom stereocenters. The summed E-state index contributed by atoms with van der Waals surface area (Å²) in [4.78, 5) is 67.5. The zero-order valence-corrected chi connectivity index (χ0v) is 46.5. The van der Waals surface area contributed by atoms with E-state index in [0.29, 0.717) is 55.9 Å². The number of halogens is 3. The lowest BCUT2D eigenvalue weighted by atomic mass is 9.85. The number of anilines is 2. The fourth-order valence-corrected chi connectivity index (χ4v) is 14.4. The van der Waals surface area contributed by atoms with Crippen molar-refractivity contribution in [1.82, 2.24) is 45.7 Å². The Morgan fingerprint density at radius 3 is 2.49 bits per heavy atom. The Bertz CT molecular complexity index is 3220. The highest BCUT2D eigenvalue weighted by molar-refractivity contribution is 7.22. The Balaban J connectivity index is 0.719. The van der Waals surface area contributed by atoms with Gasteiger partial charge in [-0.3, -0.25) is 19.3 Å². The molecule has 5 fully saturated rings. The van der Waals surface area contributed by atoms with Gasteiger partial charge in [0.1, 0.15) is 35.8 Å². The van der Waals surface area contributed by atoms with E-state index in [-0.39, 0.29) is 105 Å². The maximum absolute atomic E-state index is 17.2. The van der Waals surface area contributed by atoms with Gasteiger partial charge in [0.15, 0.2) is 10.9 Å². The molecule has 3 aromatic carbocycles. The topological polar surface area (TPSA) is 193 Å². The van der Waals surface area contributed by atoms with Gasteiger partial charge in [0.25, 0.3) is 0 Å². The van der Waals surface area contributed by atoms with Crippen LogP contribution < -0.4 is 31.3 Å². The third-order valence-corrected chi connectivity index (χ3v) is 18.6. The summed E-state index contributed by atoms with van der Waals surface area (Å²) in [6, 6.07) is 11.5. The number of likely N-dealkylation sites (tertiary alicyclic amines) is 1. The molecule has 5 aliphatic rings. The minimum absolute atomic E-state index is 0.0473. The first-order valence-electron chi connectivity index (χ1n) is 26.9. The summed E-state index contributed by atoms with van der Waals surface area (Å²) in [7, 11) is 0. The van der Waals surface area contributed by atoms with Gasteiger partial charge in [0.2, 0.25) is 17.7 Å². The van der Waals surface area contributed by atoms with Crippen LogP contribution >= 0.6 is 34.3 Å². The average Bonchev–Trinajstić information content (AvgIpc) is 4.31. The monoisotopic (exact) mass is 1110 g/mol. The highest BCUT2D eigenvalue weighted by Gasteiger charge is 2.50. The number of nitrogens with two attached hydrogens (primary N) is 1. The molecular weight excluding hydrogens is 1040 g/mol. The molecule has 2 bridgehead atoms. The molecule has 8 heterocycles. The number of rotatable bonds is 16. The fraction of sp³-hybridized carbons (Fsp3) is 0.518. The maximum Gasteiger partial charge on any atom is 0.319 e. The van der Waals surface area contributed by atoms with E-state index in [0.717, 1.165) is 78.1 Å². The van der Waals surface area contributed by atoms with Gasteiger partial charge in [-0.25, -0.2) is 18.7 Å². The number of piperazine rings is 1. The van der Waals surface area contributed by atoms with Crippen molar-refractivity contribution in [1.29, 1.82) is 0 Å². The van der Waals surface area contributed by atoms with Gasteiger partial charge >= 0.3 is 6.01 Å². The number of nitrogens with one attached hydrogen (secondary N) is 3. The largest absolute Gasteiger partial charge is 0.461 e. The summed E-state index contributed by atoms with van der Waals surface area (Å²) in [5.41, 5.74) is 10.5.